The van der Waals surface area contributed by atoms with Crippen LogP contribution in [0, 0.1) is 0 Å². The van der Waals surface area contributed by atoms with Crippen LogP contribution >= 0.6 is 0 Å². The molecule has 21 heavy (non-hydrogen) atoms. The van der Waals surface area contributed by atoms with Gasteiger partial charge in [-0.05, 0) is 20.8 Å². The Morgan fingerprint density at radius 1 is 1.38 bits per heavy atom. The summed E-state index contributed by atoms with van der Waals surface area (Å²) < 4.78 is 9.56. The number of ether oxygens (including phenoxy) is 2. The zero-order valence-corrected chi connectivity index (χ0v) is 12.3. The molecule has 1 atom stereocenters. The maximum absolute atomic E-state index is 11.8. The van der Waals surface area contributed by atoms with Crippen LogP contribution in [0.4, 0.5) is 0 Å². The number of carbonyl (C=O) groups excluding carboxylic acids is 3. The van der Waals surface area contributed by atoms with Crippen molar-refractivity contribution in [3.05, 3.63) is 18.2 Å². The van der Waals surface area contributed by atoms with E-state index >= 15 is 0 Å². The zero-order valence-electron chi connectivity index (χ0n) is 12.3. The van der Waals surface area contributed by atoms with Crippen LogP contribution in [0.15, 0.2) is 12.7 Å². The first kappa shape index (κ1) is 18.7. The van der Waals surface area contributed by atoms with Crippen molar-refractivity contribution in [1.82, 2.24) is 0 Å². The van der Waals surface area contributed by atoms with Crippen molar-refractivity contribution in [3.63, 3.8) is 0 Å². The number of nitrogens with zero attached hydrogens (tertiary/aromatic N) is 2. The summed E-state index contributed by atoms with van der Waals surface area (Å²) in [6.07, 6.45) is 0.821. The molecule has 2 N–H and O–H groups in total. The second-order valence-electron chi connectivity index (χ2n) is 5.10. The molecule has 0 radical (unpaired) electrons. The van der Waals surface area contributed by atoms with Gasteiger partial charge in [0.1, 0.15) is 12.2 Å². The molecule has 0 aliphatic heterocycles. The Hall–Kier alpha value is -2.31. The molecular weight excluding hydrogens is 278 g/mol. The Bertz CT molecular complexity index is 487. The standard InChI is InChI=1S/C13H19N3O5/c1-5-6-20-12(19)10(16-15)11(18)8(14)7-9(17)21-13(2,3)4/h5,8H,1,6-7,14H2,2-4H3. The normalized spacial score (nSPS) is 11.8. The maximum Gasteiger partial charge on any atom is 0.443 e. The van der Waals surface area contributed by atoms with E-state index in [-0.39, 0.29) is 6.61 Å². The Morgan fingerprint density at radius 2 is 1.95 bits per heavy atom. The minimum Gasteiger partial charge on any atom is -0.460 e. The highest BCUT2D eigenvalue weighted by molar-refractivity contribution is 6.63. The van der Waals surface area contributed by atoms with Crippen molar-refractivity contribution in [3.8, 4) is 0 Å². The van der Waals surface area contributed by atoms with E-state index in [9.17, 15) is 14.4 Å². The average molecular weight is 297 g/mol. The minimum atomic E-state index is -1.37. The fourth-order valence-electron chi connectivity index (χ4n) is 1.22. The summed E-state index contributed by atoms with van der Waals surface area (Å²) in [5, 5.41) is 0. The topological polar surface area (TPSA) is 132 Å². The van der Waals surface area contributed by atoms with Crippen molar-refractivity contribution >= 4 is 23.4 Å². The van der Waals surface area contributed by atoms with Gasteiger partial charge in [-0.25, -0.2) is 4.79 Å². The number of esters is 2. The largest absolute Gasteiger partial charge is 0.460 e. The van der Waals surface area contributed by atoms with Crippen molar-refractivity contribution in [2.75, 3.05) is 6.61 Å². The number of hydrogen-bond donors (Lipinski definition) is 1. The van der Waals surface area contributed by atoms with E-state index in [1.807, 2.05) is 0 Å². The van der Waals surface area contributed by atoms with Gasteiger partial charge in [0.05, 0.1) is 12.5 Å². The van der Waals surface area contributed by atoms with Gasteiger partial charge in [-0.1, -0.05) is 12.7 Å². The first-order chi connectivity index (χ1) is 9.62. The predicted octanol–water partition coefficient (Wildman–Crippen LogP) is 0.0146. The number of Topliss-reactive ketones (excluding diaryl/α,β-unsaturated/α-hetero) is 1. The van der Waals surface area contributed by atoms with Crippen LogP contribution in [0.1, 0.15) is 27.2 Å². The molecular formula is C13H19N3O5. The van der Waals surface area contributed by atoms with Gasteiger partial charge in [0.25, 0.3) is 5.78 Å². The lowest BCUT2D eigenvalue weighted by molar-refractivity contribution is -0.156. The summed E-state index contributed by atoms with van der Waals surface area (Å²) >= 11 is 0. The molecule has 8 nitrogen and oxygen atoms in total. The van der Waals surface area contributed by atoms with Crippen LogP contribution < -0.4 is 5.73 Å². The molecule has 0 bridgehead atoms. The third-order valence-electron chi connectivity index (χ3n) is 2.00. The highest BCUT2D eigenvalue weighted by atomic mass is 16.6. The number of rotatable bonds is 7. The fourth-order valence-corrected chi connectivity index (χ4v) is 1.22. The first-order valence-electron chi connectivity index (χ1n) is 6.14. The Labute approximate surface area is 122 Å². The van der Waals surface area contributed by atoms with Crippen LogP contribution in [0.5, 0.6) is 0 Å². The van der Waals surface area contributed by atoms with Crippen molar-refractivity contribution < 1.29 is 28.6 Å². The predicted molar refractivity (Wildman–Crippen MR) is 73.2 cm³/mol. The lowest BCUT2D eigenvalue weighted by Gasteiger charge is -2.20. The maximum atomic E-state index is 11.8. The number of ketones is 1. The van der Waals surface area contributed by atoms with E-state index in [1.54, 1.807) is 20.8 Å². The van der Waals surface area contributed by atoms with Crippen LogP contribution in [0.25, 0.3) is 5.53 Å². The average Bonchev–Trinajstić information content (AvgIpc) is 2.34. The smallest absolute Gasteiger partial charge is 0.443 e. The molecule has 0 aromatic heterocycles. The first-order valence-corrected chi connectivity index (χ1v) is 6.14. The minimum absolute atomic E-state index is 0.160. The van der Waals surface area contributed by atoms with Crippen LogP contribution in [-0.2, 0) is 23.9 Å². The van der Waals surface area contributed by atoms with Gasteiger partial charge < -0.3 is 20.7 Å². The number of hydrogen-bond acceptors (Lipinski definition) is 6. The summed E-state index contributed by atoms with van der Waals surface area (Å²) in [5.74, 6) is -2.88. The van der Waals surface area contributed by atoms with Gasteiger partial charge in [0.2, 0.25) is 0 Å². The van der Waals surface area contributed by atoms with Crippen LogP contribution in [-0.4, -0.2) is 46.5 Å². The molecule has 0 rings (SSSR count). The summed E-state index contributed by atoms with van der Waals surface area (Å²) in [4.78, 5) is 37.4. The zero-order chi connectivity index (χ0) is 16.6. The molecule has 0 fully saturated rings. The van der Waals surface area contributed by atoms with E-state index in [2.05, 4.69) is 16.1 Å². The molecule has 1 unspecified atom stereocenters. The quantitative estimate of drug-likeness (QED) is 0.176. The van der Waals surface area contributed by atoms with Gasteiger partial charge in [0, 0.05) is 0 Å². The van der Waals surface area contributed by atoms with Gasteiger partial charge in [-0.15, -0.1) is 0 Å². The Morgan fingerprint density at radius 3 is 2.38 bits per heavy atom. The summed E-state index contributed by atoms with van der Waals surface area (Å²) in [5.41, 5.74) is 12.6. The number of nitrogens with two attached hydrogens (primary N) is 1. The monoisotopic (exact) mass is 297 g/mol. The third-order valence-corrected chi connectivity index (χ3v) is 2.00. The van der Waals surface area contributed by atoms with Crippen LogP contribution in [0.2, 0.25) is 0 Å². The van der Waals surface area contributed by atoms with Crippen molar-refractivity contribution in [2.45, 2.75) is 38.8 Å². The van der Waals surface area contributed by atoms with E-state index in [0.29, 0.717) is 0 Å². The molecule has 0 aromatic carbocycles. The summed E-state index contributed by atoms with van der Waals surface area (Å²) in [6, 6.07) is -1.37. The van der Waals surface area contributed by atoms with E-state index in [1.165, 1.54) is 6.08 Å². The molecule has 8 heteroatoms. The molecule has 0 spiro atoms. The lowest BCUT2D eigenvalue weighted by atomic mass is 10.1. The van der Waals surface area contributed by atoms with E-state index in [4.69, 9.17) is 16.0 Å². The van der Waals surface area contributed by atoms with E-state index < -0.39 is 41.5 Å². The van der Waals surface area contributed by atoms with Gasteiger partial charge >= 0.3 is 17.7 Å². The summed E-state index contributed by atoms with van der Waals surface area (Å²) in [7, 11) is 0. The molecule has 0 aliphatic rings. The molecule has 0 aliphatic carbocycles. The second-order valence-corrected chi connectivity index (χ2v) is 5.10. The van der Waals surface area contributed by atoms with Crippen LogP contribution in [0.3, 0.4) is 0 Å². The van der Waals surface area contributed by atoms with Gasteiger partial charge in [-0.2, -0.15) is 4.79 Å². The molecule has 0 heterocycles. The lowest BCUT2D eigenvalue weighted by Crippen LogP contribution is -2.43. The van der Waals surface area contributed by atoms with Crippen molar-refractivity contribution in [1.29, 1.82) is 0 Å². The second kappa shape index (κ2) is 8.08. The molecule has 0 saturated heterocycles. The third kappa shape index (κ3) is 7.14. The molecule has 0 amide bonds. The fraction of sp³-hybridized carbons (Fsp3) is 0.538. The molecule has 0 saturated carbocycles. The number of carbonyl (C=O) groups is 3. The van der Waals surface area contributed by atoms with E-state index in [0.717, 1.165) is 0 Å². The molecule has 0 aromatic rings. The highest BCUT2D eigenvalue weighted by Crippen LogP contribution is 2.09. The molecule has 116 valence electrons. The SMILES string of the molecule is C=CCOC(=O)C(=[N+]=[N-])C(=O)C(N)CC(=O)OC(C)(C)C. The Kier molecular flexibility index (Phi) is 7.19. The summed E-state index contributed by atoms with van der Waals surface area (Å²) in [6.45, 7) is 8.14. The Balaban J connectivity index is 4.75. The highest BCUT2D eigenvalue weighted by Gasteiger charge is 2.36. The van der Waals surface area contributed by atoms with Gasteiger partial charge in [-0.3, -0.25) is 9.59 Å². The van der Waals surface area contributed by atoms with Crippen molar-refractivity contribution in [2.24, 2.45) is 5.73 Å². The van der Waals surface area contributed by atoms with Gasteiger partial charge in [0.15, 0.2) is 0 Å².